The summed E-state index contributed by atoms with van der Waals surface area (Å²) in [4.78, 5) is 25.3. The minimum Gasteiger partial charge on any atom is -0.499 e. The van der Waals surface area contributed by atoms with Crippen molar-refractivity contribution in [2.75, 3.05) is 52.8 Å². The van der Waals surface area contributed by atoms with Crippen molar-refractivity contribution in [2.45, 2.75) is 38.1 Å². The van der Waals surface area contributed by atoms with Gasteiger partial charge < -0.3 is 30.9 Å². The normalized spacial score (nSPS) is 20.1. The number of pyridine rings is 1. The Bertz CT molecular complexity index is 1470. The molecule has 212 valence electrons. The number of anilines is 2. The first-order valence-electron chi connectivity index (χ1n) is 13.5. The monoisotopic (exact) mass is 544 g/mol. The topological polar surface area (TPSA) is 127 Å². The molecule has 1 atom stereocenters. The number of hydrogen-bond donors (Lipinski definition) is 2. The average molecular weight is 545 g/mol. The highest BCUT2D eigenvalue weighted by Crippen LogP contribution is 2.44. The minimum atomic E-state index is -1.10. The number of aryl methyl sites for hydroxylation is 1. The third-order valence-corrected chi connectivity index (χ3v) is 7.75. The van der Waals surface area contributed by atoms with E-state index >= 15 is 0 Å². The maximum atomic E-state index is 7.02. The van der Waals surface area contributed by atoms with Gasteiger partial charge in [-0.2, -0.15) is 0 Å². The molecule has 0 aromatic carbocycles. The summed E-state index contributed by atoms with van der Waals surface area (Å²) < 4.78 is 7.82. The first-order valence-corrected chi connectivity index (χ1v) is 13.5. The summed E-state index contributed by atoms with van der Waals surface area (Å²) >= 11 is 0. The second kappa shape index (κ2) is 10.2. The Hall–Kier alpha value is -3.96. The van der Waals surface area contributed by atoms with Crippen molar-refractivity contribution in [1.29, 1.82) is 0 Å². The zero-order chi connectivity index (χ0) is 28.8. The molecule has 0 fully saturated rings. The number of nitrogens with two attached hydrogens (primary N) is 2. The Morgan fingerprint density at radius 1 is 1.07 bits per heavy atom. The highest BCUT2D eigenvalue weighted by Gasteiger charge is 2.43. The molecule has 40 heavy (non-hydrogen) atoms. The fourth-order valence-electron chi connectivity index (χ4n) is 5.45. The summed E-state index contributed by atoms with van der Waals surface area (Å²) in [5, 5.41) is 0. The second-order valence-corrected chi connectivity index (χ2v) is 11.6. The number of likely N-dealkylation sites (N-methyl/N-ethyl adjacent to an activating group) is 2. The molecule has 5 rings (SSSR count). The number of fused-ring (bicyclic) bond motifs is 1. The van der Waals surface area contributed by atoms with E-state index in [4.69, 9.17) is 26.2 Å². The third kappa shape index (κ3) is 4.79. The van der Waals surface area contributed by atoms with Gasteiger partial charge in [0, 0.05) is 68.4 Å². The minimum absolute atomic E-state index is 0.201. The first kappa shape index (κ1) is 27.6. The summed E-state index contributed by atoms with van der Waals surface area (Å²) in [6.45, 7) is 8.84. The zero-order valence-corrected chi connectivity index (χ0v) is 24.5. The van der Waals surface area contributed by atoms with Gasteiger partial charge >= 0.3 is 0 Å². The van der Waals surface area contributed by atoms with Crippen LogP contribution in [0.5, 0.6) is 0 Å². The van der Waals surface area contributed by atoms with Gasteiger partial charge in [-0.1, -0.05) is 13.8 Å². The van der Waals surface area contributed by atoms with Crippen LogP contribution in [0.3, 0.4) is 0 Å². The molecule has 2 aliphatic rings. The third-order valence-electron chi connectivity index (χ3n) is 7.75. The highest BCUT2D eigenvalue weighted by atomic mass is 16.5. The first-order chi connectivity index (χ1) is 18.9. The van der Waals surface area contributed by atoms with Gasteiger partial charge in [-0.25, -0.2) is 19.9 Å². The summed E-state index contributed by atoms with van der Waals surface area (Å²) in [7, 11) is 7.75. The van der Waals surface area contributed by atoms with Crippen molar-refractivity contribution in [3.8, 4) is 5.82 Å². The van der Waals surface area contributed by atoms with E-state index in [1.807, 2.05) is 57.0 Å². The number of imidazole rings is 1. The van der Waals surface area contributed by atoms with E-state index in [2.05, 4.69) is 44.6 Å². The molecule has 11 nitrogen and oxygen atoms in total. The SMILES string of the molecule is COC1=CC(N(C)CCN(C)C)=C(N)CC1(N)c1nccc(N2CC(C)(C)c3nc(-n4cncc4C)ccc32)n1. The lowest BCUT2D eigenvalue weighted by molar-refractivity contribution is 0.205. The van der Waals surface area contributed by atoms with Gasteiger partial charge in [-0.15, -0.1) is 0 Å². The Balaban J connectivity index is 1.48. The van der Waals surface area contributed by atoms with E-state index in [0.717, 1.165) is 47.5 Å². The summed E-state index contributed by atoms with van der Waals surface area (Å²) in [6, 6.07) is 6.02. The highest BCUT2D eigenvalue weighted by molar-refractivity contribution is 5.69. The van der Waals surface area contributed by atoms with Crippen LogP contribution in [0.25, 0.3) is 5.82 Å². The molecule has 1 aliphatic carbocycles. The molecule has 4 heterocycles. The molecule has 3 aromatic heterocycles. The molecular weight excluding hydrogens is 504 g/mol. The molecule has 1 unspecified atom stereocenters. The van der Waals surface area contributed by atoms with Crippen molar-refractivity contribution in [3.63, 3.8) is 0 Å². The molecule has 1 aliphatic heterocycles. The molecule has 0 saturated heterocycles. The van der Waals surface area contributed by atoms with Gasteiger partial charge in [-0.3, -0.25) is 4.57 Å². The van der Waals surface area contributed by atoms with Gasteiger partial charge in [0.2, 0.25) is 0 Å². The summed E-state index contributed by atoms with van der Waals surface area (Å²) in [5.74, 6) is 2.64. The number of rotatable bonds is 8. The summed E-state index contributed by atoms with van der Waals surface area (Å²) in [6.07, 6.45) is 7.63. The van der Waals surface area contributed by atoms with Gasteiger partial charge in [0.05, 0.1) is 24.2 Å². The average Bonchev–Trinajstić information content (AvgIpc) is 3.47. The lowest BCUT2D eigenvalue weighted by Crippen LogP contribution is -2.46. The molecule has 11 heteroatoms. The van der Waals surface area contributed by atoms with Crippen molar-refractivity contribution in [3.05, 3.63) is 77.4 Å². The van der Waals surface area contributed by atoms with Crippen LogP contribution < -0.4 is 16.4 Å². The van der Waals surface area contributed by atoms with E-state index in [9.17, 15) is 0 Å². The fraction of sp³-hybridized carbons (Fsp3) is 0.448. The number of nitrogens with zero attached hydrogens (tertiary/aromatic N) is 8. The lowest BCUT2D eigenvalue weighted by atomic mass is 9.85. The van der Waals surface area contributed by atoms with Crippen LogP contribution in [-0.4, -0.2) is 82.2 Å². The van der Waals surface area contributed by atoms with Crippen molar-refractivity contribution in [1.82, 2.24) is 34.3 Å². The Labute approximate surface area is 236 Å². The number of methoxy groups -OCH3 is 1. The maximum absolute atomic E-state index is 7.02. The molecule has 0 saturated carbocycles. The molecule has 0 radical (unpaired) electrons. The van der Waals surface area contributed by atoms with E-state index < -0.39 is 5.54 Å². The smallest absolute Gasteiger partial charge is 0.158 e. The van der Waals surface area contributed by atoms with Crippen LogP contribution in [0.2, 0.25) is 0 Å². The van der Waals surface area contributed by atoms with Gasteiger partial charge in [0.1, 0.15) is 29.3 Å². The Kier molecular flexibility index (Phi) is 7.05. The number of ether oxygens (including phenoxy) is 1. The predicted octanol–water partition coefficient (Wildman–Crippen LogP) is 2.55. The van der Waals surface area contributed by atoms with Crippen molar-refractivity contribution in [2.24, 2.45) is 11.5 Å². The van der Waals surface area contributed by atoms with E-state index in [1.54, 1.807) is 19.6 Å². The fourth-order valence-corrected chi connectivity index (χ4v) is 5.45. The van der Waals surface area contributed by atoms with Crippen LogP contribution in [0.4, 0.5) is 11.5 Å². The largest absolute Gasteiger partial charge is 0.499 e. The lowest BCUT2D eigenvalue weighted by Gasteiger charge is -2.36. The van der Waals surface area contributed by atoms with Crippen LogP contribution in [0, 0.1) is 6.92 Å². The van der Waals surface area contributed by atoms with Gasteiger partial charge in [-0.05, 0) is 39.2 Å². The Morgan fingerprint density at radius 2 is 1.85 bits per heavy atom. The van der Waals surface area contributed by atoms with Crippen molar-refractivity contribution >= 4 is 11.5 Å². The van der Waals surface area contributed by atoms with E-state index in [-0.39, 0.29) is 5.41 Å². The molecule has 0 amide bonds. The van der Waals surface area contributed by atoms with Gasteiger partial charge in [0.25, 0.3) is 0 Å². The van der Waals surface area contributed by atoms with Crippen LogP contribution in [0.1, 0.15) is 37.5 Å². The molecular formula is C29H40N10O. The quantitative estimate of drug-likeness (QED) is 0.437. The van der Waals surface area contributed by atoms with Crippen LogP contribution >= 0.6 is 0 Å². The van der Waals surface area contributed by atoms with Crippen LogP contribution in [-0.2, 0) is 15.7 Å². The standard InChI is InChI=1S/C29H40N10O/c1-19-16-32-18-39(19)24-9-8-21-26(34-24)28(2,3)17-38(21)25-10-11-33-27(35-25)29(31)15-20(30)22(14-23(29)40-7)37(6)13-12-36(4)5/h8-11,14,16,18H,12-13,15,17,30-31H2,1-7H3. The summed E-state index contributed by atoms with van der Waals surface area (Å²) in [5.41, 5.74) is 17.0. The second-order valence-electron chi connectivity index (χ2n) is 11.6. The van der Waals surface area contributed by atoms with E-state index in [0.29, 0.717) is 30.2 Å². The zero-order valence-electron chi connectivity index (χ0n) is 24.5. The number of allylic oxidation sites excluding steroid dienone is 1. The van der Waals surface area contributed by atoms with Crippen LogP contribution in [0.15, 0.2) is 60.1 Å². The molecule has 3 aromatic rings. The number of aromatic nitrogens is 5. The maximum Gasteiger partial charge on any atom is 0.158 e. The van der Waals surface area contributed by atoms with Gasteiger partial charge in [0.15, 0.2) is 5.82 Å². The number of hydrogen-bond acceptors (Lipinski definition) is 10. The van der Waals surface area contributed by atoms with E-state index in [1.165, 1.54) is 0 Å². The molecule has 0 spiro atoms. The van der Waals surface area contributed by atoms with Crippen molar-refractivity contribution < 1.29 is 4.74 Å². The Morgan fingerprint density at radius 3 is 2.52 bits per heavy atom. The molecule has 4 N–H and O–H groups in total. The molecule has 0 bridgehead atoms. The predicted molar refractivity (Wildman–Crippen MR) is 156 cm³/mol.